The van der Waals surface area contributed by atoms with Gasteiger partial charge in [-0.05, 0) is 43.0 Å². The molecule has 0 bridgehead atoms. The lowest BCUT2D eigenvalue weighted by molar-refractivity contribution is 0.395. The van der Waals surface area contributed by atoms with Gasteiger partial charge in [-0.3, -0.25) is 0 Å². The van der Waals surface area contributed by atoms with Gasteiger partial charge in [-0.1, -0.05) is 12.1 Å². The maximum atomic E-state index is 12.6. The van der Waals surface area contributed by atoms with Crippen molar-refractivity contribution in [3.05, 3.63) is 48.2 Å². The first kappa shape index (κ1) is 19.1. The maximum absolute atomic E-state index is 12.6. The molecular formula is C19H22N4O3S. The summed E-state index contributed by atoms with van der Waals surface area (Å²) in [7, 11) is -2.17. The highest BCUT2D eigenvalue weighted by Gasteiger charge is 2.25. The molecule has 2 heterocycles. The molecule has 1 aromatic carbocycles. The summed E-state index contributed by atoms with van der Waals surface area (Å²) in [6.07, 6.45) is 3.34. The third kappa shape index (κ3) is 4.38. The highest BCUT2D eigenvalue weighted by Crippen LogP contribution is 2.25. The van der Waals surface area contributed by atoms with E-state index in [0.29, 0.717) is 23.7 Å². The van der Waals surface area contributed by atoms with E-state index in [1.54, 1.807) is 36.5 Å². The molecule has 0 atom stereocenters. The van der Waals surface area contributed by atoms with Crippen molar-refractivity contribution in [1.82, 2.24) is 9.71 Å². The summed E-state index contributed by atoms with van der Waals surface area (Å²) in [4.78, 5) is 6.56. The molecule has 27 heavy (non-hydrogen) atoms. The minimum absolute atomic E-state index is 0.150. The molecular weight excluding hydrogens is 364 g/mol. The van der Waals surface area contributed by atoms with Crippen LogP contribution in [0.15, 0.2) is 47.5 Å². The van der Waals surface area contributed by atoms with E-state index in [4.69, 9.17) is 4.74 Å². The van der Waals surface area contributed by atoms with Gasteiger partial charge in [0.1, 0.15) is 22.5 Å². The minimum Gasteiger partial charge on any atom is -0.495 e. The second kappa shape index (κ2) is 8.37. The monoisotopic (exact) mass is 386 g/mol. The Morgan fingerprint density at radius 1 is 1.26 bits per heavy atom. The first-order valence-corrected chi connectivity index (χ1v) is 10.3. The number of ether oxygens (including phenoxy) is 1. The van der Waals surface area contributed by atoms with Crippen molar-refractivity contribution in [3.63, 3.8) is 0 Å². The topological polar surface area (TPSA) is 95.3 Å². The van der Waals surface area contributed by atoms with Gasteiger partial charge in [-0.25, -0.2) is 18.1 Å². The SMILES string of the molecule is COc1ccccc1S(=O)(=O)NCC1CCN(c2ncccc2C#N)CC1. The number of nitrogens with one attached hydrogen (secondary N) is 1. The van der Waals surface area contributed by atoms with Gasteiger partial charge in [0.25, 0.3) is 0 Å². The number of rotatable bonds is 6. The second-order valence-electron chi connectivity index (χ2n) is 6.42. The van der Waals surface area contributed by atoms with Gasteiger partial charge < -0.3 is 9.64 Å². The second-order valence-corrected chi connectivity index (χ2v) is 8.15. The zero-order valence-corrected chi connectivity index (χ0v) is 15.9. The number of hydrogen-bond donors (Lipinski definition) is 1. The van der Waals surface area contributed by atoms with E-state index in [1.807, 2.05) is 0 Å². The number of nitriles is 1. The van der Waals surface area contributed by atoms with Crippen LogP contribution in [0, 0.1) is 17.2 Å². The first-order chi connectivity index (χ1) is 13.0. The summed E-state index contributed by atoms with van der Waals surface area (Å²) >= 11 is 0. The largest absolute Gasteiger partial charge is 0.495 e. The number of hydrogen-bond acceptors (Lipinski definition) is 6. The number of sulfonamides is 1. The van der Waals surface area contributed by atoms with Crippen LogP contribution >= 0.6 is 0 Å². The number of para-hydroxylation sites is 1. The predicted octanol–water partition coefficient (Wildman–Crippen LogP) is 2.16. The number of methoxy groups -OCH3 is 1. The summed E-state index contributed by atoms with van der Waals surface area (Å²) in [5.41, 5.74) is 0.563. The molecule has 2 aromatic rings. The molecule has 7 nitrogen and oxygen atoms in total. The van der Waals surface area contributed by atoms with Crippen molar-refractivity contribution in [1.29, 1.82) is 5.26 Å². The zero-order chi connectivity index (χ0) is 19.3. The lowest BCUT2D eigenvalue weighted by Gasteiger charge is -2.33. The fraction of sp³-hybridized carbons (Fsp3) is 0.368. The van der Waals surface area contributed by atoms with Crippen LogP contribution in [0.4, 0.5) is 5.82 Å². The van der Waals surface area contributed by atoms with Gasteiger partial charge in [0.2, 0.25) is 10.0 Å². The first-order valence-electron chi connectivity index (χ1n) is 8.78. The Bertz CT molecular complexity index is 932. The summed E-state index contributed by atoms with van der Waals surface area (Å²) in [6.45, 7) is 1.86. The molecule has 1 aliphatic heterocycles. The van der Waals surface area contributed by atoms with E-state index in [-0.39, 0.29) is 10.8 Å². The lowest BCUT2D eigenvalue weighted by Crippen LogP contribution is -2.39. The summed E-state index contributed by atoms with van der Waals surface area (Å²) in [6, 6.07) is 12.3. The molecule has 0 aliphatic carbocycles. The third-order valence-corrected chi connectivity index (χ3v) is 6.20. The fourth-order valence-corrected chi connectivity index (χ4v) is 4.52. The van der Waals surface area contributed by atoms with Gasteiger partial charge in [0.15, 0.2) is 0 Å². The van der Waals surface area contributed by atoms with Gasteiger partial charge >= 0.3 is 0 Å². The highest BCUT2D eigenvalue weighted by molar-refractivity contribution is 7.89. The minimum atomic E-state index is -3.62. The highest BCUT2D eigenvalue weighted by atomic mass is 32.2. The number of benzene rings is 1. The van der Waals surface area contributed by atoms with Crippen molar-refractivity contribution < 1.29 is 13.2 Å². The lowest BCUT2D eigenvalue weighted by atomic mass is 9.97. The molecule has 1 fully saturated rings. The Morgan fingerprint density at radius 3 is 2.70 bits per heavy atom. The summed E-state index contributed by atoms with van der Waals surface area (Å²) < 4.78 is 33.0. The average molecular weight is 386 g/mol. The van der Waals surface area contributed by atoms with Crippen molar-refractivity contribution in [2.75, 3.05) is 31.6 Å². The Hall–Kier alpha value is -2.63. The molecule has 0 spiro atoms. The number of piperidine rings is 1. The van der Waals surface area contributed by atoms with Crippen LogP contribution in [0.1, 0.15) is 18.4 Å². The van der Waals surface area contributed by atoms with Crippen LogP contribution in [-0.4, -0.2) is 40.1 Å². The Kier molecular flexibility index (Phi) is 5.94. The van der Waals surface area contributed by atoms with Crippen LogP contribution < -0.4 is 14.4 Å². The van der Waals surface area contributed by atoms with E-state index in [2.05, 4.69) is 20.7 Å². The molecule has 0 amide bonds. The van der Waals surface area contributed by atoms with Crippen molar-refractivity contribution in [2.45, 2.75) is 17.7 Å². The number of pyridine rings is 1. The molecule has 1 saturated heterocycles. The van der Waals surface area contributed by atoms with E-state index >= 15 is 0 Å². The molecule has 1 aromatic heterocycles. The Balaban J connectivity index is 1.59. The van der Waals surface area contributed by atoms with Gasteiger partial charge in [-0.2, -0.15) is 5.26 Å². The normalized spacial score (nSPS) is 15.3. The summed E-state index contributed by atoms with van der Waals surface area (Å²) in [5.74, 6) is 1.27. The average Bonchev–Trinajstić information content (AvgIpc) is 2.72. The molecule has 1 N–H and O–H groups in total. The van der Waals surface area contributed by atoms with Gasteiger partial charge in [0.05, 0.1) is 12.7 Å². The van der Waals surface area contributed by atoms with Crippen LogP contribution in [0.5, 0.6) is 5.75 Å². The number of aromatic nitrogens is 1. The molecule has 8 heteroatoms. The van der Waals surface area contributed by atoms with Crippen LogP contribution in [0.2, 0.25) is 0 Å². The Morgan fingerprint density at radius 2 is 2.00 bits per heavy atom. The number of nitrogens with zero attached hydrogens (tertiary/aromatic N) is 3. The van der Waals surface area contributed by atoms with Crippen LogP contribution in [0.3, 0.4) is 0 Å². The predicted molar refractivity (Wildman–Crippen MR) is 102 cm³/mol. The van der Waals surface area contributed by atoms with Crippen molar-refractivity contribution in [3.8, 4) is 11.8 Å². The van der Waals surface area contributed by atoms with Crippen molar-refractivity contribution in [2.24, 2.45) is 5.92 Å². The molecule has 0 unspecified atom stereocenters. The van der Waals surface area contributed by atoms with E-state index in [1.165, 1.54) is 13.2 Å². The smallest absolute Gasteiger partial charge is 0.244 e. The van der Waals surface area contributed by atoms with Crippen LogP contribution in [-0.2, 0) is 10.0 Å². The molecule has 0 radical (unpaired) electrons. The van der Waals surface area contributed by atoms with Gasteiger partial charge in [-0.15, -0.1) is 0 Å². The van der Waals surface area contributed by atoms with E-state index in [9.17, 15) is 13.7 Å². The van der Waals surface area contributed by atoms with Crippen molar-refractivity contribution >= 4 is 15.8 Å². The van der Waals surface area contributed by atoms with Crippen LogP contribution in [0.25, 0.3) is 0 Å². The fourth-order valence-electron chi connectivity index (χ4n) is 3.23. The maximum Gasteiger partial charge on any atom is 0.244 e. The third-order valence-electron chi connectivity index (χ3n) is 4.74. The molecule has 3 rings (SSSR count). The molecule has 0 saturated carbocycles. The Labute approximate surface area is 159 Å². The molecule has 1 aliphatic rings. The van der Waals surface area contributed by atoms with Gasteiger partial charge in [0, 0.05) is 25.8 Å². The van der Waals surface area contributed by atoms with E-state index < -0.39 is 10.0 Å². The number of anilines is 1. The quantitative estimate of drug-likeness (QED) is 0.817. The summed E-state index contributed by atoms with van der Waals surface area (Å²) in [5, 5.41) is 9.22. The zero-order valence-electron chi connectivity index (χ0n) is 15.1. The molecule has 142 valence electrons. The standard InChI is InChI=1S/C19H22N4O3S/c1-26-17-6-2-3-7-18(17)27(24,25)22-14-15-8-11-23(12-9-15)19-16(13-20)5-4-10-21-19/h2-7,10,15,22H,8-9,11-12,14H2,1H3. The van der Waals surface area contributed by atoms with E-state index in [0.717, 1.165) is 25.9 Å².